The Hall–Kier alpha value is -1.36. The van der Waals surface area contributed by atoms with Gasteiger partial charge in [-0.15, -0.1) is 11.3 Å². The Balaban J connectivity index is 2.19. The molecule has 0 radical (unpaired) electrons. The molecule has 0 fully saturated rings. The first-order valence-electron chi connectivity index (χ1n) is 8.77. The number of hydrogen-bond acceptors (Lipinski definition) is 3. The number of aryl methyl sites for hydroxylation is 1. The standard InChI is InChI=1S/C19H30N2O2S/c1-12(2)10-21(11-17(20)22)18(23)16-9-13-8-14(19(3,4)5)6-7-15(13)24-16/h9,12,14H,6-8,10-11H2,1-5H3,(H2,20,22). The average molecular weight is 351 g/mol. The number of hydrogen-bond donors (Lipinski definition) is 1. The fourth-order valence-electron chi connectivity index (χ4n) is 3.37. The van der Waals surface area contributed by atoms with Gasteiger partial charge in [-0.1, -0.05) is 34.6 Å². The minimum absolute atomic E-state index is 0.00973. The average Bonchev–Trinajstić information content (AvgIpc) is 2.86. The van der Waals surface area contributed by atoms with Crippen LogP contribution < -0.4 is 5.73 Å². The molecule has 4 nitrogen and oxygen atoms in total. The maximum absolute atomic E-state index is 12.8. The van der Waals surface area contributed by atoms with Gasteiger partial charge >= 0.3 is 0 Å². The Kier molecular flexibility index (Phi) is 5.74. The molecule has 0 aromatic carbocycles. The molecule has 24 heavy (non-hydrogen) atoms. The van der Waals surface area contributed by atoms with Crippen LogP contribution in [0.15, 0.2) is 6.07 Å². The topological polar surface area (TPSA) is 63.4 Å². The molecule has 0 saturated carbocycles. The van der Waals surface area contributed by atoms with E-state index in [1.165, 1.54) is 16.9 Å². The van der Waals surface area contributed by atoms with E-state index in [-0.39, 0.29) is 12.5 Å². The molecule has 1 unspecified atom stereocenters. The summed E-state index contributed by atoms with van der Waals surface area (Å²) in [5.41, 5.74) is 6.93. The molecule has 0 spiro atoms. The van der Waals surface area contributed by atoms with Gasteiger partial charge in [-0.05, 0) is 48.1 Å². The minimum Gasteiger partial charge on any atom is -0.368 e. The van der Waals surface area contributed by atoms with Gasteiger partial charge in [0.25, 0.3) is 5.91 Å². The normalized spacial score (nSPS) is 17.7. The van der Waals surface area contributed by atoms with Gasteiger partial charge < -0.3 is 10.6 Å². The first kappa shape index (κ1) is 19.0. The van der Waals surface area contributed by atoms with Gasteiger partial charge in [0.05, 0.1) is 11.4 Å². The van der Waals surface area contributed by atoms with E-state index in [9.17, 15) is 9.59 Å². The molecular formula is C19H30N2O2S. The number of carbonyl (C=O) groups is 2. The van der Waals surface area contributed by atoms with Gasteiger partial charge in [-0.25, -0.2) is 0 Å². The summed E-state index contributed by atoms with van der Waals surface area (Å²) >= 11 is 1.60. The second kappa shape index (κ2) is 7.26. The number of thiophene rings is 1. The lowest BCUT2D eigenvalue weighted by Gasteiger charge is -2.33. The number of amides is 2. The highest BCUT2D eigenvalue weighted by Crippen LogP contribution is 2.40. The molecule has 0 aliphatic heterocycles. The third-order valence-electron chi connectivity index (χ3n) is 4.74. The molecule has 5 heteroatoms. The van der Waals surface area contributed by atoms with Crippen molar-refractivity contribution in [1.82, 2.24) is 4.90 Å². The van der Waals surface area contributed by atoms with Crippen LogP contribution in [0.25, 0.3) is 0 Å². The lowest BCUT2D eigenvalue weighted by molar-refractivity contribution is -0.118. The third kappa shape index (κ3) is 4.59. The van der Waals surface area contributed by atoms with Crippen molar-refractivity contribution >= 4 is 23.2 Å². The van der Waals surface area contributed by atoms with Crippen LogP contribution in [0.1, 0.15) is 61.2 Å². The molecule has 2 amide bonds. The predicted molar refractivity (Wildman–Crippen MR) is 99.2 cm³/mol. The van der Waals surface area contributed by atoms with Crippen LogP contribution >= 0.6 is 11.3 Å². The zero-order valence-electron chi connectivity index (χ0n) is 15.5. The maximum Gasteiger partial charge on any atom is 0.264 e. The van der Waals surface area contributed by atoms with Gasteiger partial charge in [0, 0.05) is 11.4 Å². The fraction of sp³-hybridized carbons (Fsp3) is 0.684. The zero-order chi connectivity index (χ0) is 18.1. The molecule has 1 aliphatic carbocycles. The number of nitrogens with zero attached hydrogens (tertiary/aromatic N) is 1. The van der Waals surface area contributed by atoms with E-state index in [0.29, 0.717) is 23.8 Å². The molecule has 1 heterocycles. The number of carbonyl (C=O) groups excluding carboxylic acids is 2. The first-order valence-corrected chi connectivity index (χ1v) is 9.58. The molecule has 2 rings (SSSR count). The van der Waals surface area contributed by atoms with Gasteiger partial charge in [0.2, 0.25) is 5.91 Å². The first-order chi connectivity index (χ1) is 11.1. The highest BCUT2D eigenvalue weighted by atomic mass is 32.1. The van der Waals surface area contributed by atoms with Crippen LogP contribution in [0, 0.1) is 17.3 Å². The molecule has 2 N–H and O–H groups in total. The van der Waals surface area contributed by atoms with E-state index in [2.05, 4.69) is 26.8 Å². The van der Waals surface area contributed by atoms with Crippen molar-refractivity contribution in [3.05, 3.63) is 21.4 Å². The molecule has 1 aliphatic rings. The SMILES string of the molecule is CC(C)CN(CC(N)=O)C(=O)c1cc2c(s1)CCC(C(C)(C)C)C2. The number of nitrogens with two attached hydrogens (primary N) is 1. The van der Waals surface area contributed by atoms with E-state index in [1.807, 2.05) is 13.8 Å². The lowest BCUT2D eigenvalue weighted by atomic mass is 9.72. The predicted octanol–water partition coefficient (Wildman–Crippen LogP) is 3.48. The van der Waals surface area contributed by atoms with E-state index >= 15 is 0 Å². The Morgan fingerprint density at radius 1 is 1.38 bits per heavy atom. The van der Waals surface area contributed by atoms with Crippen molar-refractivity contribution < 1.29 is 9.59 Å². The highest BCUT2D eigenvalue weighted by molar-refractivity contribution is 7.14. The Morgan fingerprint density at radius 3 is 2.58 bits per heavy atom. The van der Waals surface area contributed by atoms with Crippen molar-refractivity contribution in [3.8, 4) is 0 Å². The summed E-state index contributed by atoms with van der Waals surface area (Å²) in [7, 11) is 0. The van der Waals surface area contributed by atoms with Crippen molar-refractivity contribution in [1.29, 1.82) is 0 Å². The summed E-state index contributed by atoms with van der Waals surface area (Å²) in [5.74, 6) is 0.431. The lowest BCUT2D eigenvalue weighted by Crippen LogP contribution is -2.40. The van der Waals surface area contributed by atoms with Gasteiger partial charge in [-0.2, -0.15) is 0 Å². The smallest absolute Gasteiger partial charge is 0.264 e. The summed E-state index contributed by atoms with van der Waals surface area (Å²) in [6, 6.07) is 2.05. The van der Waals surface area contributed by atoms with E-state index in [4.69, 9.17) is 5.73 Å². The molecular weight excluding hydrogens is 320 g/mol. The van der Waals surface area contributed by atoms with Crippen LogP contribution in [0.4, 0.5) is 0 Å². The summed E-state index contributed by atoms with van der Waals surface area (Å²) in [6.45, 7) is 11.5. The molecule has 1 aromatic rings. The fourth-order valence-corrected chi connectivity index (χ4v) is 4.55. The number of rotatable bonds is 5. The van der Waals surface area contributed by atoms with Gasteiger partial charge in [0.1, 0.15) is 0 Å². The largest absolute Gasteiger partial charge is 0.368 e. The van der Waals surface area contributed by atoms with Gasteiger partial charge in [0.15, 0.2) is 0 Å². The van der Waals surface area contributed by atoms with Crippen molar-refractivity contribution in [2.75, 3.05) is 13.1 Å². The molecule has 134 valence electrons. The van der Waals surface area contributed by atoms with E-state index in [0.717, 1.165) is 17.7 Å². The third-order valence-corrected chi connectivity index (χ3v) is 5.96. The molecule has 0 saturated heterocycles. The number of primary amides is 1. The zero-order valence-corrected chi connectivity index (χ0v) is 16.3. The van der Waals surface area contributed by atoms with Crippen molar-refractivity contribution in [2.45, 2.75) is 53.9 Å². The van der Waals surface area contributed by atoms with E-state index < -0.39 is 5.91 Å². The Labute approximate surface area is 149 Å². The highest BCUT2D eigenvalue weighted by Gasteiger charge is 2.31. The second-order valence-electron chi connectivity index (χ2n) is 8.41. The second-order valence-corrected chi connectivity index (χ2v) is 9.55. The minimum atomic E-state index is -0.460. The summed E-state index contributed by atoms with van der Waals surface area (Å²) in [5, 5.41) is 0. The quantitative estimate of drug-likeness (QED) is 0.883. The van der Waals surface area contributed by atoms with Crippen molar-refractivity contribution in [2.24, 2.45) is 23.0 Å². The van der Waals surface area contributed by atoms with Crippen LogP contribution in [0.5, 0.6) is 0 Å². The maximum atomic E-state index is 12.8. The van der Waals surface area contributed by atoms with E-state index in [1.54, 1.807) is 16.2 Å². The summed E-state index contributed by atoms with van der Waals surface area (Å²) < 4.78 is 0. The number of fused-ring (bicyclic) bond motifs is 1. The van der Waals surface area contributed by atoms with Crippen LogP contribution in [-0.2, 0) is 17.6 Å². The summed E-state index contributed by atoms with van der Waals surface area (Å²) in [4.78, 5) is 27.8. The molecule has 0 bridgehead atoms. The molecule has 1 aromatic heterocycles. The Morgan fingerprint density at radius 2 is 2.04 bits per heavy atom. The van der Waals surface area contributed by atoms with Crippen LogP contribution in [-0.4, -0.2) is 29.8 Å². The molecule has 1 atom stereocenters. The monoisotopic (exact) mass is 350 g/mol. The Bertz CT molecular complexity index is 613. The van der Waals surface area contributed by atoms with Crippen LogP contribution in [0.3, 0.4) is 0 Å². The van der Waals surface area contributed by atoms with Crippen LogP contribution in [0.2, 0.25) is 0 Å². The summed E-state index contributed by atoms with van der Waals surface area (Å²) in [6.07, 6.45) is 3.28. The van der Waals surface area contributed by atoms with Crippen molar-refractivity contribution in [3.63, 3.8) is 0 Å². The van der Waals surface area contributed by atoms with Gasteiger partial charge in [-0.3, -0.25) is 9.59 Å².